The van der Waals surface area contributed by atoms with E-state index in [0.29, 0.717) is 30.6 Å². The number of rotatable bonds is 5. The van der Waals surface area contributed by atoms with E-state index in [-0.39, 0.29) is 11.6 Å². The van der Waals surface area contributed by atoms with Crippen molar-refractivity contribution in [2.24, 2.45) is 0 Å². The van der Waals surface area contributed by atoms with Gasteiger partial charge in [0.25, 0.3) is 5.56 Å². The average Bonchev–Trinajstić information content (AvgIpc) is 3.47. The molecule has 30 heavy (non-hydrogen) atoms. The second kappa shape index (κ2) is 8.16. The van der Waals surface area contributed by atoms with Gasteiger partial charge in [0.05, 0.1) is 37.4 Å². The van der Waals surface area contributed by atoms with Crippen molar-refractivity contribution in [3.8, 4) is 5.75 Å². The molecule has 0 unspecified atom stereocenters. The summed E-state index contributed by atoms with van der Waals surface area (Å²) in [6, 6.07) is 7.78. The van der Waals surface area contributed by atoms with Gasteiger partial charge in [0.1, 0.15) is 18.8 Å². The number of quaternary nitrogens is 1. The number of pyridine rings is 1. The highest BCUT2D eigenvalue weighted by molar-refractivity contribution is 5.80. The molecule has 1 aliphatic carbocycles. The molecule has 0 amide bonds. The first-order valence-electron chi connectivity index (χ1n) is 10.7. The average molecular weight is 411 g/mol. The van der Waals surface area contributed by atoms with Crippen LogP contribution in [-0.4, -0.2) is 58.6 Å². The Bertz CT molecular complexity index is 1080. The first-order valence-corrected chi connectivity index (χ1v) is 10.7. The fourth-order valence-corrected chi connectivity index (χ4v) is 4.80. The van der Waals surface area contributed by atoms with Crippen LogP contribution in [0.3, 0.4) is 0 Å². The van der Waals surface area contributed by atoms with E-state index in [1.54, 1.807) is 7.11 Å². The molecule has 2 aromatic heterocycles. The summed E-state index contributed by atoms with van der Waals surface area (Å²) in [7, 11) is 1.62. The van der Waals surface area contributed by atoms with Crippen LogP contribution in [-0.2, 0) is 4.74 Å². The molecule has 3 aromatic rings. The first kappa shape index (κ1) is 19.2. The van der Waals surface area contributed by atoms with Gasteiger partial charge in [-0.2, -0.15) is 0 Å². The lowest BCUT2D eigenvalue weighted by Crippen LogP contribution is -3.14. The zero-order valence-electron chi connectivity index (χ0n) is 17.1. The van der Waals surface area contributed by atoms with Crippen LogP contribution in [0.1, 0.15) is 49.2 Å². The summed E-state index contributed by atoms with van der Waals surface area (Å²) in [4.78, 5) is 17.5. The SMILES string of the molecule is COc1ccc2cc([C@H](c3nnnn3C3CCCC3)[NH+]3CCOCC3)c(=O)[nH]c2c1. The third-order valence-corrected chi connectivity index (χ3v) is 6.38. The predicted octanol–water partition coefficient (Wildman–Crippen LogP) is 0.643. The quantitative estimate of drug-likeness (QED) is 0.639. The summed E-state index contributed by atoms with van der Waals surface area (Å²) in [5.41, 5.74) is 1.34. The van der Waals surface area contributed by atoms with Gasteiger partial charge >= 0.3 is 0 Å². The lowest BCUT2D eigenvalue weighted by atomic mass is 10.0. The molecule has 1 aromatic carbocycles. The van der Waals surface area contributed by atoms with Crippen molar-refractivity contribution >= 4 is 10.9 Å². The van der Waals surface area contributed by atoms with Gasteiger partial charge in [0.2, 0.25) is 5.82 Å². The van der Waals surface area contributed by atoms with Gasteiger partial charge in [0.15, 0.2) is 6.04 Å². The number of tetrazole rings is 1. The summed E-state index contributed by atoms with van der Waals surface area (Å²) in [6.07, 6.45) is 4.54. The highest BCUT2D eigenvalue weighted by atomic mass is 16.5. The van der Waals surface area contributed by atoms with Crippen LogP contribution in [0.15, 0.2) is 29.1 Å². The van der Waals surface area contributed by atoms with Gasteiger partial charge in [-0.05, 0) is 46.9 Å². The molecular formula is C21H27N6O3+. The highest BCUT2D eigenvalue weighted by Gasteiger charge is 2.36. The Morgan fingerprint density at radius 2 is 2.03 bits per heavy atom. The van der Waals surface area contributed by atoms with Crippen LogP contribution in [0.4, 0.5) is 0 Å². The topological polar surface area (TPSA) is 99.4 Å². The number of hydrogen-bond donors (Lipinski definition) is 2. The Labute approximate surface area is 174 Å². The summed E-state index contributed by atoms with van der Waals surface area (Å²) >= 11 is 0. The van der Waals surface area contributed by atoms with Gasteiger partial charge in [-0.15, -0.1) is 5.10 Å². The Morgan fingerprint density at radius 3 is 2.80 bits per heavy atom. The molecular weight excluding hydrogens is 384 g/mol. The second-order valence-electron chi connectivity index (χ2n) is 8.13. The van der Waals surface area contributed by atoms with Crippen molar-refractivity contribution in [3.63, 3.8) is 0 Å². The molecule has 1 saturated heterocycles. The molecule has 9 heteroatoms. The van der Waals surface area contributed by atoms with Crippen molar-refractivity contribution in [2.75, 3.05) is 33.4 Å². The van der Waals surface area contributed by atoms with Crippen molar-refractivity contribution in [1.82, 2.24) is 25.2 Å². The molecule has 2 fully saturated rings. The molecule has 0 radical (unpaired) electrons. The minimum Gasteiger partial charge on any atom is -0.497 e. The van der Waals surface area contributed by atoms with E-state index >= 15 is 0 Å². The summed E-state index contributed by atoms with van der Waals surface area (Å²) in [5, 5.41) is 13.7. The van der Waals surface area contributed by atoms with E-state index in [2.05, 4.69) is 20.5 Å². The monoisotopic (exact) mass is 411 g/mol. The third-order valence-electron chi connectivity index (χ3n) is 6.38. The summed E-state index contributed by atoms with van der Waals surface area (Å²) in [6.45, 7) is 2.95. The smallest absolute Gasteiger partial charge is 0.258 e. The van der Waals surface area contributed by atoms with Crippen LogP contribution < -0.4 is 15.2 Å². The van der Waals surface area contributed by atoms with Gasteiger partial charge in [-0.1, -0.05) is 12.8 Å². The Kier molecular flexibility index (Phi) is 5.22. The van der Waals surface area contributed by atoms with Crippen LogP contribution in [0.2, 0.25) is 0 Å². The number of aromatic nitrogens is 5. The Morgan fingerprint density at radius 1 is 1.23 bits per heavy atom. The maximum Gasteiger partial charge on any atom is 0.258 e. The standard InChI is InChI=1S/C21H26N6O3/c1-29-16-7-6-14-12-17(21(28)22-18(14)13-16)19(26-8-10-30-11-9-26)20-23-24-25-27(20)15-4-2-3-5-15/h6-7,12-13,15,19H,2-5,8-11H2,1H3,(H,22,28)/p+1/t19-/m1/s1. The van der Waals surface area contributed by atoms with Gasteiger partial charge < -0.3 is 19.4 Å². The van der Waals surface area contributed by atoms with Crippen LogP contribution >= 0.6 is 0 Å². The minimum atomic E-state index is -0.236. The molecule has 2 N–H and O–H groups in total. The summed E-state index contributed by atoms with van der Waals surface area (Å²) in [5.74, 6) is 1.49. The lowest BCUT2D eigenvalue weighted by Gasteiger charge is -2.31. The highest BCUT2D eigenvalue weighted by Crippen LogP contribution is 2.31. The maximum atomic E-state index is 13.2. The zero-order chi connectivity index (χ0) is 20.5. The number of ether oxygens (including phenoxy) is 2. The zero-order valence-corrected chi connectivity index (χ0v) is 17.1. The lowest BCUT2D eigenvalue weighted by molar-refractivity contribution is -0.933. The maximum absolute atomic E-state index is 13.2. The van der Waals surface area contributed by atoms with Gasteiger partial charge in [0, 0.05) is 6.07 Å². The predicted molar refractivity (Wildman–Crippen MR) is 110 cm³/mol. The van der Waals surface area contributed by atoms with E-state index in [0.717, 1.165) is 42.7 Å². The van der Waals surface area contributed by atoms with Crippen LogP contribution in [0.5, 0.6) is 5.75 Å². The molecule has 0 spiro atoms. The van der Waals surface area contributed by atoms with E-state index in [1.165, 1.54) is 17.7 Å². The first-order chi connectivity index (χ1) is 14.7. The molecule has 2 aliphatic rings. The molecule has 5 rings (SSSR count). The molecule has 1 saturated carbocycles. The number of fused-ring (bicyclic) bond motifs is 1. The number of methoxy groups -OCH3 is 1. The molecule has 3 heterocycles. The van der Waals surface area contributed by atoms with E-state index in [4.69, 9.17) is 9.47 Å². The van der Waals surface area contributed by atoms with Gasteiger partial charge in [-0.25, -0.2) is 4.68 Å². The normalized spacial score (nSPS) is 19.4. The van der Waals surface area contributed by atoms with Crippen LogP contribution in [0, 0.1) is 0 Å². The largest absolute Gasteiger partial charge is 0.497 e. The number of nitrogens with zero attached hydrogens (tertiary/aromatic N) is 4. The minimum absolute atomic E-state index is 0.110. The molecule has 1 atom stereocenters. The van der Waals surface area contributed by atoms with E-state index < -0.39 is 0 Å². The number of H-pyrrole nitrogens is 1. The van der Waals surface area contributed by atoms with Crippen LogP contribution in [0.25, 0.3) is 10.9 Å². The van der Waals surface area contributed by atoms with Crippen molar-refractivity contribution in [3.05, 3.63) is 46.0 Å². The molecule has 0 bridgehead atoms. The number of morpholine rings is 1. The van der Waals surface area contributed by atoms with E-state index in [9.17, 15) is 4.79 Å². The Balaban J connectivity index is 1.63. The van der Waals surface area contributed by atoms with Gasteiger partial charge in [-0.3, -0.25) is 4.79 Å². The number of benzene rings is 1. The molecule has 9 nitrogen and oxygen atoms in total. The fraction of sp³-hybridized carbons (Fsp3) is 0.524. The van der Waals surface area contributed by atoms with Crippen molar-refractivity contribution < 1.29 is 14.4 Å². The molecule has 158 valence electrons. The third kappa shape index (κ3) is 3.48. The number of hydrogen-bond acceptors (Lipinski definition) is 6. The Hall–Kier alpha value is -2.78. The van der Waals surface area contributed by atoms with E-state index in [1.807, 2.05) is 28.9 Å². The number of aromatic amines is 1. The molecule has 1 aliphatic heterocycles. The summed E-state index contributed by atoms with van der Waals surface area (Å²) < 4.78 is 12.8. The fourth-order valence-electron chi connectivity index (χ4n) is 4.80. The van der Waals surface area contributed by atoms with Crippen molar-refractivity contribution in [2.45, 2.75) is 37.8 Å². The van der Waals surface area contributed by atoms with Crippen molar-refractivity contribution in [1.29, 1.82) is 0 Å². The number of nitrogens with one attached hydrogen (secondary N) is 2. The second-order valence-corrected chi connectivity index (χ2v) is 8.13.